The molecule has 0 atom stereocenters. The first-order valence-corrected chi connectivity index (χ1v) is 4.61. The normalized spacial score (nSPS) is 9.82. The summed E-state index contributed by atoms with van der Waals surface area (Å²) in [5.41, 5.74) is 0.687. The summed E-state index contributed by atoms with van der Waals surface area (Å²) in [6.07, 6.45) is 2.47. The predicted molar refractivity (Wildman–Crippen MR) is 56.7 cm³/mol. The lowest BCUT2D eigenvalue weighted by molar-refractivity contribution is -0.672. The highest BCUT2D eigenvalue weighted by Gasteiger charge is 2.11. The topological polar surface area (TPSA) is 66.0 Å². The van der Waals surface area contributed by atoms with Gasteiger partial charge in [-0.3, -0.25) is 0 Å². The number of aromatic nitrogens is 1. The Kier molecular flexibility index (Phi) is 6.47. The van der Waals surface area contributed by atoms with Gasteiger partial charge in [0, 0.05) is 20.2 Å². The quantitative estimate of drug-likeness (QED) is 0.209. The van der Waals surface area contributed by atoms with Crippen molar-refractivity contribution in [2.75, 3.05) is 14.1 Å². The van der Waals surface area contributed by atoms with Crippen LogP contribution >= 0.6 is 0 Å². The van der Waals surface area contributed by atoms with Gasteiger partial charge in [0.25, 0.3) is 0 Å². The van der Waals surface area contributed by atoms with E-state index in [0.717, 1.165) is 0 Å². The van der Waals surface area contributed by atoms with Crippen molar-refractivity contribution in [3.05, 3.63) is 24.0 Å². The molecule has 17 heavy (non-hydrogen) atoms. The molecule has 6 nitrogen and oxygen atoms in total. The fourth-order valence-corrected chi connectivity index (χ4v) is 1.04. The third-order valence-electron chi connectivity index (χ3n) is 1.91. The second-order valence-corrected chi connectivity index (χ2v) is 3.41. The molecule has 1 rings (SSSR count). The average molecular weight is 351 g/mol. The molecule has 0 unspecified atom stereocenters. The Morgan fingerprint density at radius 2 is 2.18 bits per heavy atom. The smallest absolute Gasteiger partial charge is 0.414 e. The number of carbonyl (C=O) groups excluding carboxylic acids is 1. The summed E-state index contributed by atoms with van der Waals surface area (Å²) in [7, 11) is 4.97. The van der Waals surface area contributed by atoms with Crippen LogP contribution in [0.5, 0.6) is 5.75 Å². The van der Waals surface area contributed by atoms with E-state index in [2.05, 4.69) is 5.16 Å². The van der Waals surface area contributed by atoms with Gasteiger partial charge >= 0.3 is 6.09 Å². The van der Waals surface area contributed by atoms with Crippen molar-refractivity contribution in [1.29, 1.82) is 0 Å². The molecule has 1 N–H and O–H groups in total. The number of hydrogen-bond acceptors (Lipinski definition) is 4. The predicted octanol–water partition coefficient (Wildman–Crippen LogP) is -2.62. The minimum atomic E-state index is -0.441. The molecule has 0 aromatic carbocycles. The van der Waals surface area contributed by atoms with Gasteiger partial charge in [-0.2, -0.15) is 4.57 Å². The van der Waals surface area contributed by atoms with E-state index in [0.29, 0.717) is 11.4 Å². The summed E-state index contributed by atoms with van der Waals surface area (Å²) < 4.78 is 6.73. The first-order valence-electron chi connectivity index (χ1n) is 4.61. The van der Waals surface area contributed by atoms with Gasteiger partial charge in [0.15, 0.2) is 5.75 Å². The van der Waals surface area contributed by atoms with Crippen molar-refractivity contribution < 1.29 is 43.3 Å². The molecule has 1 heterocycles. The number of oxime groups is 1. The van der Waals surface area contributed by atoms with E-state index in [4.69, 9.17) is 9.94 Å². The number of ether oxygens (including phenoxy) is 1. The van der Waals surface area contributed by atoms with E-state index >= 15 is 0 Å². The van der Waals surface area contributed by atoms with Crippen LogP contribution in [0.2, 0.25) is 0 Å². The van der Waals surface area contributed by atoms with Crippen LogP contribution in [0, 0.1) is 0 Å². The molecule has 0 saturated heterocycles. The van der Waals surface area contributed by atoms with Crippen LogP contribution in [0.1, 0.15) is 5.69 Å². The number of hydrogen-bond donors (Lipinski definition) is 1. The highest BCUT2D eigenvalue weighted by molar-refractivity contribution is 5.74. The molecule has 7 heteroatoms. The number of carbonyl (C=O) groups is 1. The molecule has 1 aromatic rings. The molecule has 1 amide bonds. The van der Waals surface area contributed by atoms with E-state index in [1.165, 1.54) is 11.1 Å². The second kappa shape index (κ2) is 7.05. The van der Waals surface area contributed by atoms with Gasteiger partial charge in [0.1, 0.15) is 13.3 Å². The van der Waals surface area contributed by atoms with Crippen LogP contribution < -0.4 is 33.3 Å². The van der Waals surface area contributed by atoms with Crippen molar-refractivity contribution in [2.45, 2.75) is 0 Å². The van der Waals surface area contributed by atoms with E-state index in [1.807, 2.05) is 0 Å². The third-order valence-corrected chi connectivity index (χ3v) is 1.91. The van der Waals surface area contributed by atoms with Crippen LogP contribution in [0.25, 0.3) is 0 Å². The van der Waals surface area contributed by atoms with E-state index in [9.17, 15) is 4.79 Å². The molecule has 0 fully saturated rings. The average Bonchev–Trinajstić information content (AvgIpc) is 2.22. The Morgan fingerprint density at radius 3 is 2.65 bits per heavy atom. The molecule has 0 radical (unpaired) electrons. The van der Waals surface area contributed by atoms with Crippen molar-refractivity contribution in [3.8, 4) is 5.75 Å². The zero-order valence-corrected chi connectivity index (χ0v) is 12.0. The van der Waals surface area contributed by atoms with Crippen LogP contribution in [-0.4, -0.2) is 36.5 Å². The minimum absolute atomic E-state index is 0. The lowest BCUT2D eigenvalue weighted by Crippen LogP contribution is -3.00. The van der Waals surface area contributed by atoms with Crippen LogP contribution in [0.4, 0.5) is 4.79 Å². The molecule has 0 aliphatic carbocycles. The lowest BCUT2D eigenvalue weighted by atomic mass is 10.3. The van der Waals surface area contributed by atoms with Crippen molar-refractivity contribution in [3.63, 3.8) is 0 Å². The Labute approximate surface area is 117 Å². The number of aryl methyl sites for hydroxylation is 1. The Hall–Kier alpha value is -1.38. The SMILES string of the molecule is CN(C)C(=O)Oc1ccc(/C=N/O)[n+](C)c1.[I-]. The van der Waals surface area contributed by atoms with Gasteiger partial charge in [-0.25, -0.2) is 4.79 Å². The number of halogens is 1. The Morgan fingerprint density at radius 1 is 1.53 bits per heavy atom. The van der Waals surface area contributed by atoms with E-state index in [-0.39, 0.29) is 24.0 Å². The highest BCUT2D eigenvalue weighted by Crippen LogP contribution is 2.07. The highest BCUT2D eigenvalue weighted by atomic mass is 127. The van der Waals surface area contributed by atoms with Gasteiger partial charge in [-0.05, 0) is 6.07 Å². The monoisotopic (exact) mass is 351 g/mol. The maximum Gasteiger partial charge on any atom is 0.414 e. The Balaban J connectivity index is 0.00000256. The second-order valence-electron chi connectivity index (χ2n) is 3.41. The molecule has 0 bridgehead atoms. The minimum Gasteiger partial charge on any atom is -1.00 e. The number of pyridine rings is 1. The van der Waals surface area contributed by atoms with Gasteiger partial charge in [-0.15, -0.1) is 0 Å². The third kappa shape index (κ3) is 4.55. The van der Waals surface area contributed by atoms with Crippen LogP contribution in [-0.2, 0) is 7.05 Å². The van der Waals surface area contributed by atoms with E-state index < -0.39 is 6.09 Å². The summed E-state index contributed by atoms with van der Waals surface area (Å²) in [5, 5.41) is 11.3. The summed E-state index contributed by atoms with van der Waals surface area (Å²) in [4.78, 5) is 12.6. The largest absolute Gasteiger partial charge is 1.00 e. The van der Waals surface area contributed by atoms with Crippen LogP contribution in [0.3, 0.4) is 0 Å². The number of rotatable bonds is 2. The van der Waals surface area contributed by atoms with Gasteiger partial charge < -0.3 is 38.8 Å². The standard InChI is InChI=1S/C10H13N3O3.HI/c1-12(2)10(14)16-9-5-4-8(6-11-15)13(3)7-9;/h4-7H,1-3H3;1H. The summed E-state index contributed by atoms with van der Waals surface area (Å²) >= 11 is 0. The molecular weight excluding hydrogens is 337 g/mol. The Bertz CT molecular complexity index is 421. The summed E-state index contributed by atoms with van der Waals surface area (Å²) in [6, 6.07) is 3.30. The molecule has 0 aliphatic rings. The number of amides is 1. The number of nitrogens with zero attached hydrogens (tertiary/aromatic N) is 3. The fourth-order valence-electron chi connectivity index (χ4n) is 1.04. The van der Waals surface area contributed by atoms with Gasteiger partial charge in [-0.1, -0.05) is 5.16 Å². The van der Waals surface area contributed by atoms with Crippen molar-refractivity contribution in [2.24, 2.45) is 12.2 Å². The summed E-state index contributed by atoms with van der Waals surface area (Å²) in [5.74, 6) is 0.427. The van der Waals surface area contributed by atoms with Gasteiger partial charge in [0.05, 0.1) is 0 Å². The molecule has 94 valence electrons. The maximum absolute atomic E-state index is 11.3. The molecular formula is C10H14IN3O3. The molecule has 0 spiro atoms. The first kappa shape index (κ1) is 15.6. The molecule has 0 aliphatic heterocycles. The zero-order chi connectivity index (χ0) is 12.1. The zero-order valence-electron chi connectivity index (χ0n) is 9.79. The fraction of sp³-hybridized carbons (Fsp3) is 0.300. The van der Waals surface area contributed by atoms with Crippen molar-refractivity contribution >= 4 is 12.3 Å². The van der Waals surface area contributed by atoms with Crippen LogP contribution in [0.15, 0.2) is 23.5 Å². The van der Waals surface area contributed by atoms with Crippen molar-refractivity contribution in [1.82, 2.24) is 4.90 Å². The lowest BCUT2D eigenvalue weighted by Gasteiger charge is -2.09. The summed E-state index contributed by atoms with van der Waals surface area (Å²) in [6.45, 7) is 0. The van der Waals surface area contributed by atoms with Gasteiger partial charge in [0.2, 0.25) is 11.9 Å². The molecule has 1 aromatic heterocycles. The maximum atomic E-state index is 11.3. The first-order chi connectivity index (χ1) is 7.54. The van der Waals surface area contributed by atoms with E-state index in [1.54, 1.807) is 44.0 Å². The molecule has 0 saturated carbocycles.